The van der Waals surface area contributed by atoms with Gasteiger partial charge in [0.15, 0.2) is 9.84 Å². The third-order valence-electron chi connectivity index (χ3n) is 4.60. The molecular formula is C15H24N4O3S. The molecule has 128 valence electrons. The van der Waals surface area contributed by atoms with Crippen LogP contribution < -0.4 is 0 Å². The number of aromatic amines is 1. The lowest BCUT2D eigenvalue weighted by atomic mass is 10.0. The summed E-state index contributed by atoms with van der Waals surface area (Å²) in [7, 11) is -3.10. The summed E-state index contributed by atoms with van der Waals surface area (Å²) in [6, 6.07) is -0.357. The molecule has 3 rings (SSSR count). The quantitative estimate of drug-likeness (QED) is 0.850. The molecule has 2 aliphatic heterocycles. The number of aromatic nitrogens is 2. The number of rotatable bonds is 4. The highest BCUT2D eigenvalue weighted by atomic mass is 32.2. The number of piperazine rings is 1. The number of sulfone groups is 1. The minimum absolute atomic E-state index is 0.0738. The topological polar surface area (TPSA) is 86.4 Å². The molecule has 8 heteroatoms. The first-order valence-electron chi connectivity index (χ1n) is 8.08. The molecule has 2 saturated heterocycles. The molecule has 7 nitrogen and oxygen atoms in total. The molecule has 0 aliphatic carbocycles. The van der Waals surface area contributed by atoms with Gasteiger partial charge in [0.25, 0.3) is 0 Å². The first kappa shape index (κ1) is 16.4. The highest BCUT2D eigenvalue weighted by molar-refractivity contribution is 7.91. The largest absolute Gasteiger partial charge is 0.348 e. The van der Waals surface area contributed by atoms with Crippen LogP contribution in [0, 0.1) is 5.92 Å². The molecule has 1 aromatic rings. The Morgan fingerprint density at radius 3 is 2.74 bits per heavy atom. The van der Waals surface area contributed by atoms with Crippen LogP contribution >= 0.6 is 0 Å². The average molecular weight is 340 g/mol. The summed E-state index contributed by atoms with van der Waals surface area (Å²) >= 11 is 0. The number of nitrogens with zero attached hydrogens (tertiary/aromatic N) is 3. The number of amides is 1. The Labute approximate surface area is 137 Å². The van der Waals surface area contributed by atoms with E-state index in [1.54, 1.807) is 17.3 Å². The van der Waals surface area contributed by atoms with E-state index in [1.165, 1.54) is 0 Å². The Morgan fingerprint density at radius 1 is 1.35 bits per heavy atom. The van der Waals surface area contributed by atoms with Crippen molar-refractivity contribution in [3.8, 4) is 0 Å². The monoisotopic (exact) mass is 340 g/mol. The zero-order valence-electron chi connectivity index (χ0n) is 13.6. The van der Waals surface area contributed by atoms with Crippen molar-refractivity contribution in [2.75, 3.05) is 24.6 Å². The maximum Gasteiger partial charge on any atom is 0.223 e. The second-order valence-electron chi connectivity index (χ2n) is 6.90. The van der Waals surface area contributed by atoms with Crippen molar-refractivity contribution in [1.29, 1.82) is 0 Å². The Bertz CT molecular complexity index is 656. The number of fused-ring (bicyclic) bond motifs is 1. The molecule has 3 heterocycles. The highest BCUT2D eigenvalue weighted by Crippen LogP contribution is 2.28. The predicted octanol–water partition coefficient (Wildman–Crippen LogP) is 0.266. The van der Waals surface area contributed by atoms with Gasteiger partial charge < -0.3 is 9.88 Å². The van der Waals surface area contributed by atoms with Crippen LogP contribution in [-0.2, 0) is 21.2 Å². The summed E-state index contributed by atoms with van der Waals surface area (Å²) in [5.74, 6) is 1.39. The number of carbonyl (C=O) groups excluding carboxylic acids is 1. The van der Waals surface area contributed by atoms with Crippen molar-refractivity contribution in [1.82, 2.24) is 19.8 Å². The van der Waals surface area contributed by atoms with E-state index in [4.69, 9.17) is 0 Å². The van der Waals surface area contributed by atoms with Crippen LogP contribution in [0.2, 0.25) is 0 Å². The van der Waals surface area contributed by atoms with Gasteiger partial charge in [-0.3, -0.25) is 9.69 Å². The molecule has 0 spiro atoms. The molecule has 2 fully saturated rings. The molecular weight excluding hydrogens is 316 g/mol. The zero-order chi connectivity index (χ0) is 16.6. The Balaban J connectivity index is 1.78. The fourth-order valence-corrected chi connectivity index (χ4v) is 5.59. The molecule has 1 amide bonds. The van der Waals surface area contributed by atoms with E-state index in [0.29, 0.717) is 26.1 Å². The van der Waals surface area contributed by atoms with Gasteiger partial charge in [-0.05, 0) is 5.92 Å². The van der Waals surface area contributed by atoms with E-state index in [9.17, 15) is 13.2 Å². The van der Waals surface area contributed by atoms with E-state index in [1.807, 2.05) is 13.8 Å². The van der Waals surface area contributed by atoms with Gasteiger partial charge in [-0.2, -0.15) is 0 Å². The van der Waals surface area contributed by atoms with Crippen molar-refractivity contribution < 1.29 is 13.2 Å². The maximum absolute atomic E-state index is 12.5. The van der Waals surface area contributed by atoms with Gasteiger partial charge in [-0.15, -0.1) is 0 Å². The standard InChI is InChI=1S/C15H24N4O3S/c1-11(2)7-15(20)19-6-5-18(8-14-16-3-4-17-14)12-9-23(21,22)10-13(12)19/h3-4,11-13H,5-10H2,1-2H3,(H,16,17)/t12-,13+/m1/s1. The number of carbonyl (C=O) groups is 1. The molecule has 1 aromatic heterocycles. The molecule has 0 radical (unpaired) electrons. The first-order chi connectivity index (χ1) is 10.9. The number of hydrogen-bond acceptors (Lipinski definition) is 5. The molecule has 2 atom stereocenters. The summed E-state index contributed by atoms with van der Waals surface area (Å²) in [6.45, 7) is 5.88. The predicted molar refractivity (Wildman–Crippen MR) is 86.4 cm³/mol. The normalized spacial score (nSPS) is 27.3. The molecule has 0 aromatic carbocycles. The van der Waals surface area contributed by atoms with Gasteiger partial charge in [0, 0.05) is 37.9 Å². The smallest absolute Gasteiger partial charge is 0.223 e. The lowest BCUT2D eigenvalue weighted by Gasteiger charge is -2.43. The fourth-order valence-electron chi connectivity index (χ4n) is 3.57. The van der Waals surface area contributed by atoms with Crippen LogP contribution in [0.25, 0.3) is 0 Å². The summed E-state index contributed by atoms with van der Waals surface area (Å²) < 4.78 is 24.3. The number of H-pyrrole nitrogens is 1. The third-order valence-corrected chi connectivity index (χ3v) is 6.30. The lowest BCUT2D eigenvalue weighted by molar-refractivity contribution is -0.137. The highest BCUT2D eigenvalue weighted by Gasteiger charge is 2.47. The Kier molecular flexibility index (Phi) is 4.46. The Hall–Kier alpha value is -1.41. The lowest BCUT2D eigenvalue weighted by Crippen LogP contribution is -2.60. The molecule has 0 unspecified atom stereocenters. The van der Waals surface area contributed by atoms with Crippen molar-refractivity contribution in [3.63, 3.8) is 0 Å². The van der Waals surface area contributed by atoms with Crippen LogP contribution in [0.5, 0.6) is 0 Å². The van der Waals surface area contributed by atoms with Crippen LogP contribution in [0.1, 0.15) is 26.1 Å². The van der Waals surface area contributed by atoms with Gasteiger partial charge in [0.05, 0.1) is 24.1 Å². The number of nitrogens with one attached hydrogen (secondary N) is 1. The number of imidazole rings is 1. The van der Waals surface area contributed by atoms with Crippen molar-refractivity contribution in [2.45, 2.75) is 38.9 Å². The summed E-state index contributed by atoms with van der Waals surface area (Å²) in [4.78, 5) is 23.7. The summed E-state index contributed by atoms with van der Waals surface area (Å²) in [6.07, 6.45) is 3.93. The second-order valence-corrected chi connectivity index (χ2v) is 9.06. The molecule has 1 N–H and O–H groups in total. The SMILES string of the molecule is CC(C)CC(=O)N1CCN(Cc2ncc[nH]2)[C@@H]2CS(=O)(=O)C[C@@H]21. The Morgan fingerprint density at radius 2 is 2.09 bits per heavy atom. The maximum atomic E-state index is 12.5. The minimum Gasteiger partial charge on any atom is -0.348 e. The van der Waals surface area contributed by atoms with E-state index < -0.39 is 9.84 Å². The van der Waals surface area contributed by atoms with E-state index in [0.717, 1.165) is 5.82 Å². The summed E-state index contributed by atoms with van der Waals surface area (Å²) in [5.41, 5.74) is 0. The number of hydrogen-bond donors (Lipinski definition) is 1. The van der Waals surface area contributed by atoms with Crippen molar-refractivity contribution >= 4 is 15.7 Å². The van der Waals surface area contributed by atoms with Gasteiger partial charge in [-0.1, -0.05) is 13.8 Å². The van der Waals surface area contributed by atoms with Gasteiger partial charge >= 0.3 is 0 Å². The minimum atomic E-state index is -3.10. The van der Waals surface area contributed by atoms with Gasteiger partial charge in [0.1, 0.15) is 5.82 Å². The van der Waals surface area contributed by atoms with Crippen molar-refractivity contribution in [3.05, 3.63) is 18.2 Å². The zero-order valence-corrected chi connectivity index (χ0v) is 14.4. The third kappa shape index (κ3) is 3.58. The molecule has 2 aliphatic rings. The van der Waals surface area contributed by atoms with Crippen LogP contribution in [0.4, 0.5) is 0 Å². The van der Waals surface area contributed by atoms with Crippen molar-refractivity contribution in [2.24, 2.45) is 5.92 Å². The summed E-state index contributed by atoms with van der Waals surface area (Å²) in [5, 5.41) is 0. The van der Waals surface area contributed by atoms with Crippen LogP contribution in [-0.4, -0.2) is 70.8 Å². The van der Waals surface area contributed by atoms with Crippen LogP contribution in [0.15, 0.2) is 12.4 Å². The van der Waals surface area contributed by atoms with E-state index >= 15 is 0 Å². The second kappa shape index (κ2) is 6.24. The van der Waals surface area contributed by atoms with E-state index in [-0.39, 0.29) is 35.4 Å². The first-order valence-corrected chi connectivity index (χ1v) is 9.90. The molecule has 0 bridgehead atoms. The fraction of sp³-hybridized carbons (Fsp3) is 0.733. The van der Waals surface area contributed by atoms with E-state index in [2.05, 4.69) is 14.9 Å². The average Bonchev–Trinajstić information content (AvgIpc) is 3.04. The molecule has 23 heavy (non-hydrogen) atoms. The van der Waals surface area contributed by atoms with Gasteiger partial charge in [-0.25, -0.2) is 13.4 Å². The van der Waals surface area contributed by atoms with Crippen LogP contribution in [0.3, 0.4) is 0 Å². The molecule has 0 saturated carbocycles. The van der Waals surface area contributed by atoms with Gasteiger partial charge in [0.2, 0.25) is 5.91 Å².